The van der Waals surface area contributed by atoms with E-state index in [4.69, 9.17) is 10.7 Å². The molecule has 4 heteroatoms. The molecule has 0 unspecified atom stereocenters. The molecule has 0 atom stereocenters. The van der Waals surface area contributed by atoms with Gasteiger partial charge in [0.1, 0.15) is 0 Å². The molecule has 2 nitrogen and oxygen atoms in total. The molecule has 0 aromatic carbocycles. The zero-order chi connectivity index (χ0) is 9.47. The summed E-state index contributed by atoms with van der Waals surface area (Å²) in [6.07, 6.45) is 6.61. The normalized spacial score (nSPS) is 25.7. The minimum absolute atomic E-state index is 0.225. The highest BCUT2D eigenvalue weighted by atomic mass is 35.7. The molecule has 0 aliphatic heterocycles. The summed E-state index contributed by atoms with van der Waals surface area (Å²) in [6.45, 7) is 0. The maximum absolute atomic E-state index is 11.4. The van der Waals surface area contributed by atoms with Gasteiger partial charge in [0.2, 0.25) is 9.05 Å². The zero-order valence-corrected chi connectivity index (χ0v) is 9.15. The van der Waals surface area contributed by atoms with Gasteiger partial charge in [-0.05, 0) is 37.5 Å². The Balaban J connectivity index is 2.10. The Hall–Kier alpha value is 0.240. The van der Waals surface area contributed by atoms with Crippen LogP contribution in [0.5, 0.6) is 0 Å². The van der Waals surface area contributed by atoms with Crippen molar-refractivity contribution in [1.82, 2.24) is 0 Å². The second-order valence-corrected chi connectivity index (χ2v) is 7.11. The predicted octanol–water partition coefficient (Wildman–Crippen LogP) is 2.52. The van der Waals surface area contributed by atoms with Crippen molar-refractivity contribution in [2.45, 2.75) is 43.8 Å². The lowest BCUT2D eigenvalue weighted by Crippen LogP contribution is -2.40. The molecule has 2 fully saturated rings. The fourth-order valence-corrected chi connectivity index (χ4v) is 4.72. The van der Waals surface area contributed by atoms with E-state index >= 15 is 0 Å². The van der Waals surface area contributed by atoms with E-state index in [2.05, 4.69) is 0 Å². The van der Waals surface area contributed by atoms with E-state index in [0.717, 1.165) is 25.7 Å². The van der Waals surface area contributed by atoms with Gasteiger partial charge in [0.05, 0.1) is 5.25 Å². The third-order valence-corrected chi connectivity index (χ3v) is 5.59. The number of hydrogen-bond acceptors (Lipinski definition) is 2. The standard InChI is InChI=1S/C9H15ClO2S/c10-13(11,12)9(7-3-1-4-7)8-5-2-6-8/h7-9H,1-6H2. The Morgan fingerprint density at radius 3 is 1.54 bits per heavy atom. The van der Waals surface area contributed by atoms with Crippen LogP contribution in [-0.4, -0.2) is 13.7 Å². The maximum atomic E-state index is 11.4. The number of rotatable bonds is 3. The highest BCUT2D eigenvalue weighted by Crippen LogP contribution is 2.44. The highest BCUT2D eigenvalue weighted by Gasteiger charge is 2.43. The summed E-state index contributed by atoms with van der Waals surface area (Å²) >= 11 is 0. The van der Waals surface area contributed by atoms with Crippen LogP contribution in [0.3, 0.4) is 0 Å². The Morgan fingerprint density at radius 2 is 1.38 bits per heavy atom. The first-order chi connectivity index (χ1) is 6.09. The molecule has 0 heterocycles. The van der Waals surface area contributed by atoms with Crippen LogP contribution in [0.4, 0.5) is 0 Å². The Morgan fingerprint density at radius 1 is 1.00 bits per heavy atom. The summed E-state index contributed by atoms with van der Waals surface area (Å²) < 4.78 is 22.7. The summed E-state index contributed by atoms with van der Waals surface area (Å²) in [7, 11) is 2.17. The summed E-state index contributed by atoms with van der Waals surface area (Å²) in [5.74, 6) is 0.737. The summed E-state index contributed by atoms with van der Waals surface area (Å²) in [5, 5.41) is -0.225. The predicted molar refractivity (Wildman–Crippen MR) is 53.2 cm³/mol. The van der Waals surface area contributed by atoms with E-state index < -0.39 is 9.05 Å². The van der Waals surface area contributed by atoms with Gasteiger partial charge in [-0.1, -0.05) is 12.8 Å². The molecule has 76 valence electrons. The molecular formula is C9H15ClO2S. The molecule has 0 N–H and O–H groups in total. The van der Waals surface area contributed by atoms with Crippen molar-refractivity contribution < 1.29 is 8.42 Å². The van der Waals surface area contributed by atoms with Gasteiger partial charge in [0.15, 0.2) is 0 Å². The van der Waals surface area contributed by atoms with Crippen molar-refractivity contribution in [3.05, 3.63) is 0 Å². The van der Waals surface area contributed by atoms with E-state index in [9.17, 15) is 8.42 Å². The van der Waals surface area contributed by atoms with Gasteiger partial charge in [-0.15, -0.1) is 0 Å². The molecule has 2 rings (SSSR count). The average Bonchev–Trinajstić information content (AvgIpc) is 1.75. The topological polar surface area (TPSA) is 34.1 Å². The van der Waals surface area contributed by atoms with E-state index in [1.807, 2.05) is 0 Å². The molecule has 0 radical (unpaired) electrons. The third kappa shape index (κ3) is 1.86. The van der Waals surface area contributed by atoms with Crippen molar-refractivity contribution in [1.29, 1.82) is 0 Å². The van der Waals surface area contributed by atoms with Crippen LogP contribution in [0.25, 0.3) is 0 Å². The number of halogens is 1. The van der Waals surface area contributed by atoms with Crippen LogP contribution in [0, 0.1) is 11.8 Å². The van der Waals surface area contributed by atoms with Crippen molar-refractivity contribution in [3.63, 3.8) is 0 Å². The van der Waals surface area contributed by atoms with Gasteiger partial charge < -0.3 is 0 Å². The van der Waals surface area contributed by atoms with Gasteiger partial charge in [0, 0.05) is 10.7 Å². The molecule has 2 saturated carbocycles. The second kappa shape index (κ2) is 3.43. The lowest BCUT2D eigenvalue weighted by Gasteiger charge is -2.40. The van der Waals surface area contributed by atoms with Crippen molar-refractivity contribution in [2.24, 2.45) is 11.8 Å². The summed E-state index contributed by atoms with van der Waals surface area (Å²) in [4.78, 5) is 0. The van der Waals surface area contributed by atoms with Crippen LogP contribution < -0.4 is 0 Å². The molecule has 0 amide bonds. The largest absolute Gasteiger partial charge is 0.235 e. The molecule has 13 heavy (non-hydrogen) atoms. The monoisotopic (exact) mass is 222 g/mol. The van der Waals surface area contributed by atoms with Crippen LogP contribution in [0.1, 0.15) is 38.5 Å². The molecule has 0 bridgehead atoms. The quantitative estimate of drug-likeness (QED) is 0.688. The van der Waals surface area contributed by atoms with E-state index in [-0.39, 0.29) is 5.25 Å². The third-order valence-electron chi connectivity index (χ3n) is 3.55. The molecule has 2 aliphatic carbocycles. The van der Waals surface area contributed by atoms with Crippen LogP contribution in [0.2, 0.25) is 0 Å². The fourth-order valence-electron chi connectivity index (χ4n) is 2.38. The summed E-state index contributed by atoms with van der Waals surface area (Å²) in [5.41, 5.74) is 0. The Bertz CT molecular complexity index is 264. The maximum Gasteiger partial charge on any atom is 0.235 e. The van der Waals surface area contributed by atoms with Crippen molar-refractivity contribution >= 4 is 19.7 Å². The lowest BCUT2D eigenvalue weighted by molar-refractivity contribution is 0.196. The Labute approximate surface area is 84.1 Å². The van der Waals surface area contributed by atoms with E-state index in [0.29, 0.717) is 11.8 Å². The molecule has 0 saturated heterocycles. The molecule has 0 aromatic rings. The zero-order valence-electron chi connectivity index (χ0n) is 7.58. The molecule has 0 aromatic heterocycles. The van der Waals surface area contributed by atoms with E-state index in [1.165, 1.54) is 12.8 Å². The summed E-state index contributed by atoms with van der Waals surface area (Å²) in [6, 6.07) is 0. The minimum atomic E-state index is -3.31. The van der Waals surface area contributed by atoms with Gasteiger partial charge in [0.25, 0.3) is 0 Å². The molecule has 0 spiro atoms. The van der Waals surface area contributed by atoms with Gasteiger partial charge in [-0.25, -0.2) is 8.42 Å². The van der Waals surface area contributed by atoms with Gasteiger partial charge >= 0.3 is 0 Å². The lowest BCUT2D eigenvalue weighted by atomic mass is 9.72. The highest BCUT2D eigenvalue weighted by molar-refractivity contribution is 8.14. The van der Waals surface area contributed by atoms with Gasteiger partial charge in [-0.2, -0.15) is 0 Å². The van der Waals surface area contributed by atoms with Crippen molar-refractivity contribution in [2.75, 3.05) is 0 Å². The van der Waals surface area contributed by atoms with Gasteiger partial charge in [-0.3, -0.25) is 0 Å². The second-order valence-electron chi connectivity index (χ2n) is 4.32. The first-order valence-electron chi connectivity index (χ1n) is 5.02. The molecule has 2 aliphatic rings. The van der Waals surface area contributed by atoms with Crippen molar-refractivity contribution in [3.8, 4) is 0 Å². The minimum Gasteiger partial charge on any atom is -0.212 e. The molecular weight excluding hydrogens is 208 g/mol. The SMILES string of the molecule is O=S(=O)(Cl)C(C1CCC1)C1CCC1. The van der Waals surface area contributed by atoms with Crippen LogP contribution in [-0.2, 0) is 9.05 Å². The number of hydrogen-bond donors (Lipinski definition) is 0. The van der Waals surface area contributed by atoms with Crippen LogP contribution in [0.15, 0.2) is 0 Å². The first kappa shape index (κ1) is 9.78. The Kier molecular flexibility index (Phi) is 2.58. The van der Waals surface area contributed by atoms with E-state index in [1.54, 1.807) is 0 Å². The first-order valence-corrected chi connectivity index (χ1v) is 7.40. The average molecular weight is 223 g/mol. The smallest absolute Gasteiger partial charge is 0.212 e. The fraction of sp³-hybridized carbons (Fsp3) is 1.00. The van der Waals surface area contributed by atoms with Crippen LogP contribution >= 0.6 is 10.7 Å².